The third-order valence-electron chi connectivity index (χ3n) is 2.72. The molecule has 0 spiro atoms. The second-order valence-electron chi connectivity index (χ2n) is 4.01. The van der Waals surface area contributed by atoms with Crippen LogP contribution in [-0.2, 0) is 6.42 Å². The molecule has 0 amide bonds. The molecule has 0 saturated heterocycles. The fourth-order valence-corrected chi connectivity index (χ4v) is 2.84. The van der Waals surface area contributed by atoms with Gasteiger partial charge in [0.15, 0.2) is 11.1 Å². The molecule has 3 rings (SSSR count). The molecule has 0 radical (unpaired) electrons. The summed E-state index contributed by atoms with van der Waals surface area (Å²) in [6.07, 6.45) is 0.857. The Morgan fingerprint density at radius 2 is 2.24 bits per heavy atom. The van der Waals surface area contributed by atoms with Crippen molar-refractivity contribution in [2.24, 2.45) is 0 Å². The molecule has 0 aliphatic carbocycles. The minimum absolute atomic E-state index is 0.00549. The molecule has 3 nitrogen and oxygen atoms in total. The van der Waals surface area contributed by atoms with Gasteiger partial charge in [-0.05, 0) is 18.6 Å². The maximum Gasteiger partial charge on any atom is 0.158 e. The zero-order valence-corrected chi connectivity index (χ0v) is 10.8. The molecule has 2 atom stereocenters. The first-order chi connectivity index (χ1) is 8.24. The molecule has 0 saturated carbocycles. The summed E-state index contributed by atoms with van der Waals surface area (Å²) in [7, 11) is 0. The number of aromatic nitrogens is 2. The maximum atomic E-state index is 5.98. The monoisotopic (exact) mass is 266 g/mol. The van der Waals surface area contributed by atoms with Crippen molar-refractivity contribution in [2.45, 2.75) is 24.8 Å². The highest BCUT2D eigenvalue weighted by atomic mass is 35.5. The molecule has 17 heavy (non-hydrogen) atoms. The molecule has 5 heteroatoms. The summed E-state index contributed by atoms with van der Waals surface area (Å²) in [5, 5.41) is 9.90. The first-order valence-corrected chi connectivity index (χ1v) is 6.71. The summed E-state index contributed by atoms with van der Waals surface area (Å²) in [5.74, 6) is 0.952. The Labute approximate surface area is 108 Å². The van der Waals surface area contributed by atoms with Crippen LogP contribution in [-0.4, -0.2) is 10.2 Å². The number of hydrogen-bond acceptors (Lipinski definition) is 4. The maximum absolute atomic E-state index is 5.98. The van der Waals surface area contributed by atoms with Crippen LogP contribution in [0.5, 0.6) is 5.75 Å². The molecule has 2 heterocycles. The lowest BCUT2D eigenvalue weighted by molar-refractivity contribution is 0.237. The Morgan fingerprint density at radius 1 is 1.41 bits per heavy atom. The van der Waals surface area contributed by atoms with Gasteiger partial charge in [-0.25, -0.2) is 0 Å². The van der Waals surface area contributed by atoms with E-state index in [0.717, 1.165) is 22.2 Å². The molecule has 1 aliphatic rings. The summed E-state index contributed by atoms with van der Waals surface area (Å²) in [4.78, 5) is 0. The Balaban J connectivity index is 1.84. The van der Waals surface area contributed by atoms with Crippen LogP contribution in [0.25, 0.3) is 0 Å². The number of rotatable bonds is 2. The molecular weight excluding hydrogens is 256 g/mol. The van der Waals surface area contributed by atoms with Gasteiger partial charge in [-0.15, -0.1) is 21.8 Å². The van der Waals surface area contributed by atoms with Gasteiger partial charge in [0.25, 0.3) is 0 Å². The number of alkyl halides is 1. The third-order valence-corrected chi connectivity index (χ3v) is 4.25. The van der Waals surface area contributed by atoms with E-state index in [1.807, 2.05) is 25.1 Å². The molecule has 1 aromatic carbocycles. The first-order valence-electron chi connectivity index (χ1n) is 5.46. The molecule has 0 N–H and O–H groups in total. The highest BCUT2D eigenvalue weighted by Crippen LogP contribution is 2.38. The number of hydrogen-bond donors (Lipinski definition) is 0. The van der Waals surface area contributed by atoms with E-state index in [1.165, 1.54) is 16.9 Å². The van der Waals surface area contributed by atoms with E-state index >= 15 is 0 Å². The minimum Gasteiger partial charge on any atom is -0.483 e. The van der Waals surface area contributed by atoms with E-state index in [0.29, 0.717) is 0 Å². The molecule has 88 valence electrons. The van der Waals surface area contributed by atoms with Crippen molar-refractivity contribution in [3.8, 4) is 5.75 Å². The van der Waals surface area contributed by atoms with Gasteiger partial charge < -0.3 is 4.74 Å². The molecule has 1 aliphatic heterocycles. The molecule has 2 unspecified atom stereocenters. The smallest absolute Gasteiger partial charge is 0.158 e. The first kappa shape index (κ1) is 11.0. The van der Waals surface area contributed by atoms with Crippen molar-refractivity contribution in [3.63, 3.8) is 0 Å². The van der Waals surface area contributed by atoms with Gasteiger partial charge >= 0.3 is 0 Å². The number of halogens is 1. The van der Waals surface area contributed by atoms with Crippen molar-refractivity contribution < 1.29 is 4.74 Å². The van der Waals surface area contributed by atoms with Gasteiger partial charge in [-0.2, -0.15) is 0 Å². The predicted octanol–water partition coefficient (Wildman–Crippen LogP) is 3.51. The standard InChI is InChI=1S/C12H11ClN2OS/c1-7(13)11-14-15-12(17-11)10-6-8-4-2-3-5-9(8)16-10/h2-5,7,10H,6H2,1H3. The van der Waals surface area contributed by atoms with Gasteiger partial charge in [0.1, 0.15) is 10.8 Å². The van der Waals surface area contributed by atoms with Crippen molar-refractivity contribution in [1.82, 2.24) is 10.2 Å². The van der Waals surface area contributed by atoms with Gasteiger partial charge in [-0.1, -0.05) is 29.5 Å². The van der Waals surface area contributed by atoms with Gasteiger partial charge in [0.05, 0.1) is 5.38 Å². The van der Waals surface area contributed by atoms with Crippen LogP contribution in [0.2, 0.25) is 0 Å². The third kappa shape index (κ3) is 2.03. The number of fused-ring (bicyclic) bond motifs is 1. The van der Waals surface area contributed by atoms with Crippen LogP contribution in [0.3, 0.4) is 0 Å². The number of nitrogens with zero attached hydrogens (tertiary/aromatic N) is 2. The van der Waals surface area contributed by atoms with Crippen molar-refractivity contribution in [3.05, 3.63) is 39.8 Å². The SMILES string of the molecule is CC(Cl)c1nnc(C2Cc3ccccc3O2)s1. The van der Waals surface area contributed by atoms with Gasteiger partial charge in [0.2, 0.25) is 0 Å². The van der Waals surface area contributed by atoms with Crippen LogP contribution in [0.1, 0.15) is 34.0 Å². The van der Waals surface area contributed by atoms with E-state index in [4.69, 9.17) is 16.3 Å². The highest BCUT2D eigenvalue weighted by Gasteiger charge is 2.27. The summed E-state index contributed by atoms with van der Waals surface area (Å²) in [6, 6.07) is 8.08. The van der Waals surface area contributed by atoms with E-state index in [1.54, 1.807) is 0 Å². The zero-order valence-electron chi connectivity index (χ0n) is 9.26. The van der Waals surface area contributed by atoms with Crippen LogP contribution < -0.4 is 4.74 Å². The van der Waals surface area contributed by atoms with Gasteiger partial charge in [-0.3, -0.25) is 0 Å². The van der Waals surface area contributed by atoms with Crippen molar-refractivity contribution in [2.75, 3.05) is 0 Å². The van der Waals surface area contributed by atoms with Crippen LogP contribution in [0.15, 0.2) is 24.3 Å². The fourth-order valence-electron chi connectivity index (χ4n) is 1.86. The Bertz CT molecular complexity index is 516. The normalized spacial score (nSPS) is 19.8. The second-order valence-corrected chi connectivity index (χ2v) is 5.71. The van der Waals surface area contributed by atoms with Gasteiger partial charge in [0, 0.05) is 6.42 Å². The molecule has 1 aromatic heterocycles. The van der Waals surface area contributed by atoms with Crippen LogP contribution in [0, 0.1) is 0 Å². The Kier molecular flexibility index (Phi) is 2.76. The Hall–Kier alpha value is -1.13. The number of para-hydroxylation sites is 1. The molecule has 0 fully saturated rings. The Morgan fingerprint density at radius 3 is 2.94 bits per heavy atom. The fraction of sp³-hybridized carbons (Fsp3) is 0.333. The van der Waals surface area contributed by atoms with Crippen molar-refractivity contribution >= 4 is 22.9 Å². The summed E-state index contributed by atoms with van der Waals surface area (Å²) in [6.45, 7) is 1.90. The average Bonchev–Trinajstić information content (AvgIpc) is 2.95. The summed E-state index contributed by atoms with van der Waals surface area (Å²) in [5.41, 5.74) is 1.23. The topological polar surface area (TPSA) is 35.0 Å². The quantitative estimate of drug-likeness (QED) is 0.780. The second kappa shape index (κ2) is 4.27. The lowest BCUT2D eigenvalue weighted by Gasteiger charge is -2.05. The van der Waals surface area contributed by atoms with Crippen LogP contribution in [0.4, 0.5) is 0 Å². The summed E-state index contributed by atoms with van der Waals surface area (Å²) >= 11 is 7.51. The number of benzene rings is 1. The van der Waals surface area contributed by atoms with E-state index in [-0.39, 0.29) is 11.5 Å². The van der Waals surface area contributed by atoms with E-state index < -0.39 is 0 Å². The lowest BCUT2D eigenvalue weighted by Crippen LogP contribution is -2.02. The minimum atomic E-state index is -0.0926. The zero-order chi connectivity index (χ0) is 11.8. The van der Waals surface area contributed by atoms with E-state index in [2.05, 4.69) is 16.3 Å². The molecular formula is C12H11ClN2OS. The lowest BCUT2D eigenvalue weighted by atomic mass is 10.1. The van der Waals surface area contributed by atoms with E-state index in [9.17, 15) is 0 Å². The molecule has 0 bridgehead atoms. The highest BCUT2D eigenvalue weighted by molar-refractivity contribution is 7.11. The van der Waals surface area contributed by atoms with Crippen molar-refractivity contribution in [1.29, 1.82) is 0 Å². The average molecular weight is 267 g/mol. The number of ether oxygens (including phenoxy) is 1. The molecule has 2 aromatic rings. The summed E-state index contributed by atoms with van der Waals surface area (Å²) < 4.78 is 5.85. The predicted molar refractivity (Wildman–Crippen MR) is 67.7 cm³/mol. The van der Waals surface area contributed by atoms with Crippen LogP contribution >= 0.6 is 22.9 Å². The largest absolute Gasteiger partial charge is 0.483 e.